The average Bonchev–Trinajstić information content (AvgIpc) is 2.86. The summed E-state index contributed by atoms with van der Waals surface area (Å²) in [5.41, 5.74) is 4.88. The smallest absolute Gasteiger partial charge is 0.252 e. The predicted molar refractivity (Wildman–Crippen MR) is 170 cm³/mol. The summed E-state index contributed by atoms with van der Waals surface area (Å²) >= 11 is 4.59. The van der Waals surface area contributed by atoms with Crippen LogP contribution in [0.3, 0.4) is 0 Å². The molecule has 0 aromatic heterocycles. The van der Waals surface area contributed by atoms with Gasteiger partial charge in [0.05, 0.1) is 36.3 Å². The minimum Gasteiger partial charge on any atom is -0.395 e. The van der Waals surface area contributed by atoms with Crippen LogP contribution in [0.1, 0.15) is 34.0 Å². The van der Waals surface area contributed by atoms with E-state index in [0.29, 0.717) is 0 Å². The molecule has 3 amide bonds. The number of nitrogens with two attached hydrogens (primary N) is 1. The van der Waals surface area contributed by atoms with Crippen molar-refractivity contribution in [2.24, 2.45) is 5.73 Å². The molecule has 0 saturated heterocycles. The molecule has 10 N–H and O–H groups in total. The normalized spacial score (nSPS) is 16.0. The van der Waals surface area contributed by atoms with Crippen molar-refractivity contribution >= 4 is 96.9 Å². The molecule has 6 unspecified atom stereocenters. The van der Waals surface area contributed by atoms with Gasteiger partial charge in [0.15, 0.2) is 0 Å². The lowest BCUT2D eigenvalue weighted by atomic mass is 9.84. The first-order valence-electron chi connectivity index (χ1n) is 11.8. The third-order valence-corrected chi connectivity index (χ3v) is 8.51. The highest BCUT2D eigenvalue weighted by atomic mass is 127. The van der Waals surface area contributed by atoms with Gasteiger partial charge in [-0.3, -0.25) is 14.4 Å². The van der Waals surface area contributed by atoms with E-state index in [1.807, 2.05) is 0 Å². The zero-order chi connectivity index (χ0) is 31.1. The van der Waals surface area contributed by atoms with Gasteiger partial charge in [0, 0.05) is 50.9 Å². The van der Waals surface area contributed by atoms with Gasteiger partial charge in [0.1, 0.15) is 18.9 Å². The Morgan fingerprint density at radius 3 is 1.50 bits per heavy atom. The van der Waals surface area contributed by atoms with Gasteiger partial charge in [-0.05, 0) is 78.9 Å². The van der Waals surface area contributed by atoms with E-state index in [0.717, 1.165) is 9.80 Å². The maximum atomic E-state index is 13.0. The Hall–Kier alpha value is -0.500. The van der Waals surface area contributed by atoms with E-state index >= 15 is 0 Å². The minimum absolute atomic E-state index is 0.0311. The quantitative estimate of drug-likeness (QED) is 0.0693. The molecule has 40 heavy (non-hydrogen) atoms. The Bertz CT molecular complexity index is 1060. The largest absolute Gasteiger partial charge is 0.395 e. The highest BCUT2D eigenvalue weighted by Crippen LogP contribution is 2.43. The number of amides is 3. The van der Waals surface area contributed by atoms with Crippen molar-refractivity contribution in [2.45, 2.75) is 56.8 Å². The average molecular weight is 909 g/mol. The van der Waals surface area contributed by atoms with Crippen LogP contribution < -0.4 is 15.5 Å². The Morgan fingerprint density at radius 1 is 0.775 bits per heavy atom. The summed E-state index contributed by atoms with van der Waals surface area (Å²) in [6.45, 7) is -0.955. The number of halogens is 3. The molecule has 17 heteroatoms. The van der Waals surface area contributed by atoms with Crippen LogP contribution in [0.5, 0.6) is 0 Å². The second-order valence-corrected chi connectivity index (χ2v) is 12.6. The molecule has 0 aliphatic rings. The number of rotatable bonds is 15. The van der Waals surface area contributed by atoms with Gasteiger partial charge >= 0.3 is 0 Å². The van der Waals surface area contributed by atoms with Crippen molar-refractivity contribution in [2.75, 3.05) is 36.6 Å². The first kappa shape index (κ1) is 37.5. The molecule has 1 aromatic rings. The van der Waals surface area contributed by atoms with E-state index in [4.69, 9.17) is 5.73 Å². The summed E-state index contributed by atoms with van der Waals surface area (Å²) in [5.74, 6) is -2.67. The lowest BCUT2D eigenvalue weighted by Crippen LogP contribution is -2.41. The summed E-state index contributed by atoms with van der Waals surface area (Å²) in [5, 5.41) is 81.7. The zero-order valence-corrected chi connectivity index (χ0v) is 28.1. The third kappa shape index (κ3) is 9.50. The van der Waals surface area contributed by atoms with Gasteiger partial charge in [-0.15, -0.1) is 0 Å². The van der Waals surface area contributed by atoms with E-state index < -0.39 is 87.4 Å². The molecule has 14 nitrogen and oxygen atoms in total. The van der Waals surface area contributed by atoms with Crippen LogP contribution in [0.4, 0.5) is 11.4 Å². The van der Waals surface area contributed by atoms with Crippen molar-refractivity contribution in [1.29, 1.82) is 0 Å². The van der Waals surface area contributed by atoms with Gasteiger partial charge < -0.3 is 56.4 Å². The number of primary amides is 1. The molecule has 0 heterocycles. The molecule has 0 saturated carbocycles. The number of hydrogen-bond donors (Lipinski definition) is 9. The number of anilines is 2. The fourth-order valence-electron chi connectivity index (χ4n) is 4.14. The van der Waals surface area contributed by atoms with Gasteiger partial charge in [0.25, 0.3) is 5.91 Å². The number of carbonyl (C=O) groups excluding carboxylic acids is 3. The summed E-state index contributed by atoms with van der Waals surface area (Å²) < 4.78 is -4.07. The Labute approximate surface area is 271 Å². The SMILES string of the molecule is CC(=O)N(C)c1c(CC(O)C(O)I)c(C(N)=O)c(CC(O)C(O)I)c(N(CCO)C(=O)CO)c1CC(O)C(O)I. The van der Waals surface area contributed by atoms with Gasteiger partial charge in [-0.1, -0.05) is 0 Å². The summed E-state index contributed by atoms with van der Waals surface area (Å²) in [7, 11) is 1.31. The number of aliphatic hydroxyl groups excluding tert-OH is 8. The molecule has 0 aliphatic carbocycles. The number of benzene rings is 1. The van der Waals surface area contributed by atoms with E-state index in [9.17, 15) is 55.2 Å². The standard InChI is InChI=1S/C23H34I3N3O11/c1-9(32)28(2)18-10(5-13(33)20(24)37)17(23(27)40)11(6-14(34)21(25)38)19(12(18)7-15(35)22(26)39)29(3-4-30)16(36)8-31/h13-15,20-22,30-31,33-35,37-39H,3-8H2,1-2H3,(H2,27,40). The Morgan fingerprint density at radius 2 is 1.18 bits per heavy atom. The first-order valence-corrected chi connectivity index (χ1v) is 15.5. The van der Waals surface area contributed by atoms with Crippen LogP contribution in [0.15, 0.2) is 0 Å². The maximum Gasteiger partial charge on any atom is 0.252 e. The highest BCUT2D eigenvalue weighted by Gasteiger charge is 2.36. The predicted octanol–water partition coefficient (Wildman–Crippen LogP) is -1.94. The molecule has 6 atom stereocenters. The van der Waals surface area contributed by atoms with E-state index in [1.165, 1.54) is 81.7 Å². The van der Waals surface area contributed by atoms with Gasteiger partial charge in [0.2, 0.25) is 11.8 Å². The molecule has 1 aromatic carbocycles. The van der Waals surface area contributed by atoms with Crippen molar-refractivity contribution in [3.8, 4) is 0 Å². The Balaban J connectivity index is 4.61. The lowest BCUT2D eigenvalue weighted by molar-refractivity contribution is -0.121. The molecular formula is C23H34I3N3O11. The van der Waals surface area contributed by atoms with E-state index in [2.05, 4.69) is 0 Å². The molecule has 1 rings (SSSR count). The van der Waals surface area contributed by atoms with Crippen molar-refractivity contribution in [3.63, 3.8) is 0 Å². The number of alkyl halides is 3. The number of carbonyl (C=O) groups is 3. The number of nitrogens with zero attached hydrogens (tertiary/aromatic N) is 2. The van der Waals surface area contributed by atoms with Crippen molar-refractivity contribution < 1.29 is 55.2 Å². The van der Waals surface area contributed by atoms with E-state index in [-0.39, 0.29) is 33.6 Å². The van der Waals surface area contributed by atoms with Crippen LogP contribution in [0, 0.1) is 0 Å². The van der Waals surface area contributed by atoms with Gasteiger partial charge in [-0.2, -0.15) is 0 Å². The number of hydrogen-bond acceptors (Lipinski definition) is 11. The zero-order valence-electron chi connectivity index (χ0n) is 21.6. The van der Waals surface area contributed by atoms with Crippen molar-refractivity contribution in [1.82, 2.24) is 0 Å². The summed E-state index contributed by atoms with van der Waals surface area (Å²) in [6.07, 6.45) is -6.01. The molecular weight excluding hydrogens is 875 g/mol. The number of aliphatic hydroxyl groups is 8. The lowest BCUT2D eigenvalue weighted by Gasteiger charge is -2.35. The summed E-state index contributed by atoms with van der Waals surface area (Å²) in [6, 6.07) is 0. The van der Waals surface area contributed by atoms with E-state index in [1.54, 1.807) is 0 Å². The van der Waals surface area contributed by atoms with Crippen molar-refractivity contribution in [3.05, 3.63) is 22.3 Å². The summed E-state index contributed by atoms with van der Waals surface area (Å²) in [4.78, 5) is 40.6. The Kier molecular flexibility index (Phi) is 15.9. The van der Waals surface area contributed by atoms with Crippen LogP contribution in [-0.4, -0.2) is 116 Å². The molecule has 0 bridgehead atoms. The monoisotopic (exact) mass is 909 g/mol. The highest BCUT2D eigenvalue weighted by molar-refractivity contribution is 14.1. The fourth-order valence-corrected chi connectivity index (χ4v) is 4.90. The van der Waals surface area contributed by atoms with Gasteiger partial charge in [-0.25, -0.2) is 0 Å². The van der Waals surface area contributed by atoms with Crippen LogP contribution in [0.2, 0.25) is 0 Å². The molecule has 228 valence electrons. The second kappa shape index (κ2) is 17.0. The molecule has 0 spiro atoms. The van der Waals surface area contributed by atoms with Crippen LogP contribution >= 0.6 is 67.8 Å². The molecule has 0 aliphatic heterocycles. The topological polar surface area (TPSA) is 246 Å². The molecule has 0 fully saturated rings. The third-order valence-electron chi connectivity index (χ3n) is 6.02. The molecule has 0 radical (unpaired) electrons. The maximum absolute atomic E-state index is 13.0. The fraction of sp³-hybridized carbons (Fsp3) is 0.609. The first-order chi connectivity index (χ1) is 18.5. The second-order valence-electron chi connectivity index (χ2n) is 8.81. The minimum atomic E-state index is -1.55. The van der Waals surface area contributed by atoms with Crippen LogP contribution in [0.25, 0.3) is 0 Å². The van der Waals surface area contributed by atoms with Crippen LogP contribution in [-0.2, 0) is 28.9 Å².